The molecule has 4 nitrogen and oxygen atoms in total. The van der Waals surface area contributed by atoms with Crippen LogP contribution >= 0.6 is 0 Å². The topological polar surface area (TPSA) is 57.8 Å². The highest BCUT2D eigenvalue weighted by Crippen LogP contribution is 2.30. The lowest BCUT2D eigenvalue weighted by molar-refractivity contribution is -0.117. The van der Waals surface area contributed by atoms with Gasteiger partial charge in [0, 0.05) is 12.0 Å². The molecule has 0 atom stereocenters. The number of nitrogens with one attached hydrogen (secondary N) is 2. The Morgan fingerprint density at radius 3 is 2.84 bits per heavy atom. The molecule has 1 amide bonds. The number of carbonyl (C=O) groups is 1. The monoisotopic (exact) mass is 333 g/mol. The molecule has 0 unspecified atom stereocenters. The van der Waals surface area contributed by atoms with Crippen molar-refractivity contribution in [3.63, 3.8) is 0 Å². The van der Waals surface area contributed by atoms with E-state index < -0.39 is 0 Å². The molecule has 25 heavy (non-hydrogen) atoms. The number of aromatic amines is 1. The summed E-state index contributed by atoms with van der Waals surface area (Å²) in [6.45, 7) is 2.07. The van der Waals surface area contributed by atoms with Gasteiger partial charge in [0.2, 0.25) is 5.91 Å². The lowest BCUT2D eigenvalue weighted by Crippen LogP contribution is -2.15. The molecule has 1 aliphatic rings. The molecule has 4 rings (SSSR count). The number of amides is 1. The molecule has 1 aliphatic carbocycles. The SMILES string of the molecule is Cc1ccc2nc(-c3ccccc3NC(=O)CC3CCCC3)[nH]c2c1. The molecular formula is C21H23N3O. The van der Waals surface area contributed by atoms with E-state index in [0.29, 0.717) is 12.3 Å². The average molecular weight is 333 g/mol. The number of hydrogen-bond donors (Lipinski definition) is 2. The third-order valence-electron chi connectivity index (χ3n) is 5.04. The summed E-state index contributed by atoms with van der Waals surface area (Å²) >= 11 is 0. The van der Waals surface area contributed by atoms with Crippen LogP contribution in [0.2, 0.25) is 0 Å². The van der Waals surface area contributed by atoms with Gasteiger partial charge >= 0.3 is 0 Å². The molecule has 1 fully saturated rings. The second kappa shape index (κ2) is 6.71. The molecule has 0 aliphatic heterocycles. The number of benzene rings is 2. The highest BCUT2D eigenvalue weighted by atomic mass is 16.1. The summed E-state index contributed by atoms with van der Waals surface area (Å²) in [5, 5.41) is 3.09. The maximum absolute atomic E-state index is 12.4. The minimum atomic E-state index is 0.103. The summed E-state index contributed by atoms with van der Waals surface area (Å²) in [4.78, 5) is 20.5. The molecule has 2 aromatic carbocycles. The zero-order valence-corrected chi connectivity index (χ0v) is 14.5. The van der Waals surface area contributed by atoms with Crippen LogP contribution < -0.4 is 5.32 Å². The second-order valence-electron chi connectivity index (χ2n) is 7.05. The third kappa shape index (κ3) is 3.43. The van der Waals surface area contributed by atoms with Gasteiger partial charge < -0.3 is 10.3 Å². The van der Waals surface area contributed by atoms with Gasteiger partial charge in [-0.25, -0.2) is 4.98 Å². The minimum absolute atomic E-state index is 0.103. The van der Waals surface area contributed by atoms with E-state index in [1.165, 1.54) is 31.2 Å². The van der Waals surface area contributed by atoms with Crippen molar-refractivity contribution in [2.75, 3.05) is 5.32 Å². The van der Waals surface area contributed by atoms with Crippen LogP contribution in [0.1, 0.15) is 37.7 Å². The Bertz CT molecular complexity index is 906. The summed E-state index contributed by atoms with van der Waals surface area (Å²) in [6, 6.07) is 14.0. The smallest absolute Gasteiger partial charge is 0.224 e. The molecule has 0 radical (unpaired) electrons. The molecular weight excluding hydrogens is 310 g/mol. The van der Waals surface area contributed by atoms with E-state index in [9.17, 15) is 4.79 Å². The number of rotatable bonds is 4. The lowest BCUT2D eigenvalue weighted by atomic mass is 10.0. The summed E-state index contributed by atoms with van der Waals surface area (Å²) < 4.78 is 0. The van der Waals surface area contributed by atoms with Crippen LogP contribution in [-0.4, -0.2) is 15.9 Å². The fourth-order valence-corrected chi connectivity index (χ4v) is 3.73. The van der Waals surface area contributed by atoms with E-state index in [0.717, 1.165) is 28.1 Å². The fraction of sp³-hybridized carbons (Fsp3) is 0.333. The number of H-pyrrole nitrogens is 1. The van der Waals surface area contributed by atoms with Crippen LogP contribution in [0.3, 0.4) is 0 Å². The maximum Gasteiger partial charge on any atom is 0.224 e. The minimum Gasteiger partial charge on any atom is -0.338 e. The molecule has 1 aromatic heterocycles. The van der Waals surface area contributed by atoms with Gasteiger partial charge in [-0.15, -0.1) is 0 Å². The van der Waals surface area contributed by atoms with Crippen molar-refractivity contribution in [3.05, 3.63) is 48.0 Å². The Morgan fingerprint density at radius 1 is 1.20 bits per heavy atom. The number of aryl methyl sites for hydroxylation is 1. The number of nitrogens with zero attached hydrogens (tertiary/aromatic N) is 1. The zero-order valence-electron chi connectivity index (χ0n) is 14.5. The summed E-state index contributed by atoms with van der Waals surface area (Å²) in [5.74, 6) is 1.44. The number of para-hydroxylation sites is 1. The first-order valence-electron chi connectivity index (χ1n) is 9.05. The van der Waals surface area contributed by atoms with Gasteiger partial charge in [-0.2, -0.15) is 0 Å². The first kappa shape index (κ1) is 15.9. The van der Waals surface area contributed by atoms with Crippen LogP contribution in [0.5, 0.6) is 0 Å². The maximum atomic E-state index is 12.4. The van der Waals surface area contributed by atoms with Gasteiger partial charge in [0.05, 0.1) is 16.7 Å². The van der Waals surface area contributed by atoms with Gasteiger partial charge in [-0.05, 0) is 55.5 Å². The molecule has 2 N–H and O–H groups in total. The quantitative estimate of drug-likeness (QED) is 0.701. The Balaban J connectivity index is 1.60. The molecule has 0 saturated heterocycles. The normalized spacial score (nSPS) is 14.9. The number of carbonyl (C=O) groups excluding carboxylic acids is 1. The Hall–Kier alpha value is -2.62. The molecule has 4 heteroatoms. The predicted molar refractivity (Wildman–Crippen MR) is 101 cm³/mol. The molecule has 1 heterocycles. The van der Waals surface area contributed by atoms with E-state index in [1.807, 2.05) is 30.3 Å². The Kier molecular flexibility index (Phi) is 4.26. The van der Waals surface area contributed by atoms with Gasteiger partial charge in [-0.1, -0.05) is 31.0 Å². The standard InChI is InChI=1S/C21H23N3O/c1-14-10-11-18-19(12-14)24-21(23-18)16-8-4-5-9-17(16)22-20(25)13-15-6-2-3-7-15/h4-5,8-12,15H,2-3,6-7,13H2,1H3,(H,22,25)(H,23,24). The van der Waals surface area contributed by atoms with Gasteiger partial charge in [0.15, 0.2) is 0 Å². The first-order valence-corrected chi connectivity index (χ1v) is 9.05. The lowest BCUT2D eigenvalue weighted by Gasteiger charge is -2.12. The van der Waals surface area contributed by atoms with Crippen LogP contribution in [0.25, 0.3) is 22.4 Å². The van der Waals surface area contributed by atoms with Crippen molar-refractivity contribution in [1.82, 2.24) is 9.97 Å². The number of fused-ring (bicyclic) bond motifs is 1. The van der Waals surface area contributed by atoms with E-state index in [-0.39, 0.29) is 5.91 Å². The van der Waals surface area contributed by atoms with Crippen molar-refractivity contribution in [1.29, 1.82) is 0 Å². The summed E-state index contributed by atoms with van der Waals surface area (Å²) in [7, 11) is 0. The molecule has 0 bridgehead atoms. The second-order valence-corrected chi connectivity index (χ2v) is 7.05. The van der Waals surface area contributed by atoms with Crippen LogP contribution in [0.15, 0.2) is 42.5 Å². The molecule has 0 spiro atoms. The Morgan fingerprint density at radius 2 is 2.00 bits per heavy atom. The molecule has 1 saturated carbocycles. The van der Waals surface area contributed by atoms with Crippen LogP contribution in [0, 0.1) is 12.8 Å². The van der Waals surface area contributed by atoms with Crippen molar-refractivity contribution in [2.45, 2.75) is 39.0 Å². The predicted octanol–water partition coefficient (Wildman–Crippen LogP) is 5.06. The zero-order chi connectivity index (χ0) is 17.2. The number of imidazole rings is 1. The van der Waals surface area contributed by atoms with E-state index in [2.05, 4.69) is 34.3 Å². The number of aromatic nitrogens is 2. The molecule has 128 valence electrons. The molecule has 3 aromatic rings. The highest BCUT2D eigenvalue weighted by molar-refractivity contribution is 5.95. The van der Waals surface area contributed by atoms with Crippen molar-refractivity contribution in [2.24, 2.45) is 5.92 Å². The van der Waals surface area contributed by atoms with E-state index in [4.69, 9.17) is 0 Å². The largest absolute Gasteiger partial charge is 0.338 e. The summed E-state index contributed by atoms with van der Waals surface area (Å²) in [6.07, 6.45) is 5.49. The van der Waals surface area contributed by atoms with Crippen molar-refractivity contribution in [3.8, 4) is 11.4 Å². The summed E-state index contributed by atoms with van der Waals surface area (Å²) in [5.41, 5.74) is 4.90. The van der Waals surface area contributed by atoms with Crippen LogP contribution in [-0.2, 0) is 4.79 Å². The van der Waals surface area contributed by atoms with Crippen LogP contribution in [0.4, 0.5) is 5.69 Å². The van der Waals surface area contributed by atoms with Gasteiger partial charge in [0.25, 0.3) is 0 Å². The van der Waals surface area contributed by atoms with E-state index >= 15 is 0 Å². The van der Waals surface area contributed by atoms with Gasteiger partial charge in [0.1, 0.15) is 5.82 Å². The first-order chi connectivity index (χ1) is 12.2. The van der Waals surface area contributed by atoms with Gasteiger partial charge in [-0.3, -0.25) is 4.79 Å². The van der Waals surface area contributed by atoms with Crippen molar-refractivity contribution >= 4 is 22.6 Å². The average Bonchev–Trinajstić information content (AvgIpc) is 3.24. The third-order valence-corrected chi connectivity index (χ3v) is 5.04. The fourth-order valence-electron chi connectivity index (χ4n) is 3.73. The van der Waals surface area contributed by atoms with E-state index in [1.54, 1.807) is 0 Å². The Labute approximate surface area is 147 Å². The highest BCUT2D eigenvalue weighted by Gasteiger charge is 2.19. The number of anilines is 1. The number of hydrogen-bond acceptors (Lipinski definition) is 2. The van der Waals surface area contributed by atoms with Crippen molar-refractivity contribution < 1.29 is 4.79 Å².